The fraction of sp³-hybridized carbons (Fsp3) is 0.286. The maximum absolute atomic E-state index is 6.05. The first-order valence-corrected chi connectivity index (χ1v) is 9.41. The van der Waals surface area contributed by atoms with E-state index < -0.39 is 0 Å². The van der Waals surface area contributed by atoms with E-state index in [4.69, 9.17) is 20.8 Å². The van der Waals surface area contributed by atoms with Gasteiger partial charge in [-0.1, -0.05) is 29.8 Å². The molecular formula is C21H22ClN3O2. The Kier molecular flexibility index (Phi) is 5.32. The van der Waals surface area contributed by atoms with Gasteiger partial charge in [-0.25, -0.2) is 4.98 Å². The van der Waals surface area contributed by atoms with Crippen molar-refractivity contribution in [2.24, 2.45) is 0 Å². The minimum absolute atomic E-state index is 0.611. The second-order valence-electron chi connectivity index (χ2n) is 6.59. The van der Waals surface area contributed by atoms with Gasteiger partial charge in [-0.05, 0) is 30.3 Å². The zero-order valence-corrected chi connectivity index (χ0v) is 16.0. The molecule has 1 aliphatic rings. The highest BCUT2D eigenvalue weighted by molar-refractivity contribution is 6.30. The van der Waals surface area contributed by atoms with Crippen LogP contribution in [0.3, 0.4) is 0 Å². The largest absolute Gasteiger partial charge is 0.495 e. The van der Waals surface area contributed by atoms with Crippen molar-refractivity contribution >= 4 is 17.3 Å². The molecule has 1 saturated heterocycles. The third-order valence-corrected chi connectivity index (χ3v) is 5.04. The molecule has 5 nitrogen and oxygen atoms in total. The van der Waals surface area contributed by atoms with E-state index in [1.165, 1.54) is 0 Å². The fourth-order valence-corrected chi connectivity index (χ4v) is 3.59. The van der Waals surface area contributed by atoms with E-state index in [0.29, 0.717) is 10.9 Å². The molecule has 4 rings (SSSR count). The second-order valence-corrected chi connectivity index (χ2v) is 7.03. The number of ether oxygens (including phenoxy) is 1. The van der Waals surface area contributed by atoms with Crippen LogP contribution in [0.4, 0.5) is 5.69 Å². The highest BCUT2D eigenvalue weighted by Crippen LogP contribution is 2.28. The Morgan fingerprint density at radius 1 is 1.07 bits per heavy atom. The molecule has 0 radical (unpaired) electrons. The average molecular weight is 384 g/mol. The molecule has 0 aliphatic carbocycles. The normalized spacial score (nSPS) is 15.1. The van der Waals surface area contributed by atoms with Gasteiger partial charge in [0.2, 0.25) is 5.89 Å². The predicted octanol–water partition coefficient (Wildman–Crippen LogP) is 4.33. The first-order chi connectivity index (χ1) is 13.2. The number of hydrogen-bond acceptors (Lipinski definition) is 5. The SMILES string of the molecule is COc1ccccc1N1CCN(Cc2coc(-c3cccc(Cl)c3)n2)CC1. The highest BCUT2D eigenvalue weighted by atomic mass is 35.5. The van der Waals surface area contributed by atoms with Gasteiger partial charge in [0.05, 0.1) is 18.5 Å². The monoisotopic (exact) mass is 383 g/mol. The maximum atomic E-state index is 6.05. The standard InChI is InChI=1S/C21H22ClN3O2/c1-26-20-8-3-2-7-19(20)25-11-9-24(10-12-25)14-18-15-27-21(23-18)16-5-4-6-17(22)13-16/h2-8,13,15H,9-12,14H2,1H3. The highest BCUT2D eigenvalue weighted by Gasteiger charge is 2.20. The zero-order valence-electron chi connectivity index (χ0n) is 15.3. The van der Waals surface area contributed by atoms with Crippen LogP contribution in [0.2, 0.25) is 5.02 Å². The number of methoxy groups -OCH3 is 1. The molecule has 3 aromatic rings. The summed E-state index contributed by atoms with van der Waals surface area (Å²) in [6.45, 7) is 4.64. The summed E-state index contributed by atoms with van der Waals surface area (Å²) in [6.07, 6.45) is 1.74. The van der Waals surface area contributed by atoms with Gasteiger partial charge < -0.3 is 14.1 Å². The first-order valence-electron chi connectivity index (χ1n) is 9.03. The summed E-state index contributed by atoms with van der Waals surface area (Å²) in [4.78, 5) is 9.38. The number of rotatable bonds is 5. The lowest BCUT2D eigenvalue weighted by molar-refractivity contribution is 0.246. The maximum Gasteiger partial charge on any atom is 0.226 e. The van der Waals surface area contributed by atoms with E-state index in [-0.39, 0.29) is 0 Å². The number of para-hydroxylation sites is 2. The number of nitrogens with zero attached hydrogens (tertiary/aromatic N) is 3. The summed E-state index contributed by atoms with van der Waals surface area (Å²) in [6, 6.07) is 15.7. The van der Waals surface area contributed by atoms with E-state index in [0.717, 1.165) is 55.4 Å². The number of aromatic nitrogens is 1. The number of benzene rings is 2. The molecular weight excluding hydrogens is 362 g/mol. The smallest absolute Gasteiger partial charge is 0.226 e. The predicted molar refractivity (Wildman–Crippen MR) is 107 cm³/mol. The molecule has 1 aliphatic heterocycles. The third-order valence-electron chi connectivity index (χ3n) is 4.81. The molecule has 0 amide bonds. The van der Waals surface area contributed by atoms with Crippen LogP contribution in [-0.2, 0) is 6.54 Å². The summed E-state index contributed by atoms with van der Waals surface area (Å²) in [7, 11) is 1.72. The Bertz CT molecular complexity index is 904. The van der Waals surface area contributed by atoms with Gasteiger partial charge in [0.25, 0.3) is 0 Å². The Hall–Kier alpha value is -2.50. The van der Waals surface area contributed by atoms with Gasteiger partial charge in [0.15, 0.2) is 0 Å². The van der Waals surface area contributed by atoms with E-state index in [1.54, 1.807) is 13.4 Å². The van der Waals surface area contributed by atoms with Crippen LogP contribution in [0.25, 0.3) is 11.5 Å². The van der Waals surface area contributed by atoms with Crippen LogP contribution in [-0.4, -0.2) is 43.2 Å². The van der Waals surface area contributed by atoms with E-state index in [1.807, 2.05) is 36.4 Å². The van der Waals surface area contributed by atoms with Gasteiger partial charge in [0.1, 0.15) is 12.0 Å². The van der Waals surface area contributed by atoms with Crippen LogP contribution >= 0.6 is 11.6 Å². The number of anilines is 1. The topological polar surface area (TPSA) is 41.7 Å². The summed E-state index contributed by atoms with van der Waals surface area (Å²) >= 11 is 6.05. The molecule has 0 saturated carbocycles. The quantitative estimate of drug-likeness (QED) is 0.656. The molecule has 0 spiro atoms. The molecule has 2 aromatic carbocycles. The van der Waals surface area contributed by atoms with Crippen LogP contribution in [0.15, 0.2) is 59.2 Å². The van der Waals surface area contributed by atoms with Crippen molar-refractivity contribution in [2.75, 3.05) is 38.2 Å². The van der Waals surface area contributed by atoms with Crippen LogP contribution in [0.1, 0.15) is 5.69 Å². The Morgan fingerprint density at radius 3 is 2.67 bits per heavy atom. The van der Waals surface area contributed by atoms with E-state index in [9.17, 15) is 0 Å². The van der Waals surface area contributed by atoms with Crippen molar-refractivity contribution < 1.29 is 9.15 Å². The summed E-state index contributed by atoms with van der Waals surface area (Å²) in [5.41, 5.74) is 3.00. The van der Waals surface area contributed by atoms with Crippen molar-refractivity contribution in [3.05, 3.63) is 65.5 Å². The van der Waals surface area contributed by atoms with Crippen molar-refractivity contribution in [1.82, 2.24) is 9.88 Å². The lowest BCUT2D eigenvalue weighted by Gasteiger charge is -2.36. The van der Waals surface area contributed by atoms with Gasteiger partial charge in [-0.3, -0.25) is 4.90 Å². The zero-order chi connectivity index (χ0) is 18.6. The summed E-state index contributed by atoms with van der Waals surface area (Å²) in [5.74, 6) is 1.54. The number of hydrogen-bond donors (Lipinski definition) is 0. The Labute approximate surface area is 164 Å². The van der Waals surface area contributed by atoms with E-state index in [2.05, 4.69) is 26.9 Å². The summed E-state index contributed by atoms with van der Waals surface area (Å²) in [5, 5.41) is 0.680. The van der Waals surface area contributed by atoms with Crippen molar-refractivity contribution in [1.29, 1.82) is 0 Å². The van der Waals surface area contributed by atoms with Gasteiger partial charge >= 0.3 is 0 Å². The molecule has 0 unspecified atom stereocenters. The molecule has 1 aromatic heterocycles. The molecule has 0 atom stereocenters. The first kappa shape index (κ1) is 17.9. The molecule has 1 fully saturated rings. The number of piperazine rings is 1. The van der Waals surface area contributed by atoms with Crippen molar-refractivity contribution in [2.45, 2.75) is 6.54 Å². The van der Waals surface area contributed by atoms with Crippen LogP contribution in [0.5, 0.6) is 5.75 Å². The Morgan fingerprint density at radius 2 is 1.89 bits per heavy atom. The third kappa shape index (κ3) is 4.10. The van der Waals surface area contributed by atoms with Crippen molar-refractivity contribution in [3.8, 4) is 17.2 Å². The minimum Gasteiger partial charge on any atom is -0.495 e. The lowest BCUT2D eigenvalue weighted by atomic mass is 10.2. The minimum atomic E-state index is 0.611. The molecule has 2 heterocycles. The van der Waals surface area contributed by atoms with Crippen LogP contribution in [0, 0.1) is 0 Å². The number of halogens is 1. The van der Waals surface area contributed by atoms with Crippen LogP contribution < -0.4 is 9.64 Å². The Balaban J connectivity index is 1.37. The molecule has 0 bridgehead atoms. The van der Waals surface area contributed by atoms with E-state index >= 15 is 0 Å². The average Bonchev–Trinajstić information content (AvgIpc) is 3.17. The lowest BCUT2D eigenvalue weighted by Crippen LogP contribution is -2.46. The summed E-state index contributed by atoms with van der Waals surface area (Å²) < 4.78 is 11.1. The number of oxazole rings is 1. The van der Waals surface area contributed by atoms with Gasteiger partial charge in [-0.15, -0.1) is 0 Å². The second kappa shape index (κ2) is 8.03. The van der Waals surface area contributed by atoms with Gasteiger partial charge in [-0.2, -0.15) is 0 Å². The van der Waals surface area contributed by atoms with Crippen molar-refractivity contribution in [3.63, 3.8) is 0 Å². The molecule has 0 N–H and O–H groups in total. The van der Waals surface area contributed by atoms with Gasteiger partial charge in [0, 0.05) is 43.3 Å². The molecule has 27 heavy (non-hydrogen) atoms. The molecule has 6 heteroatoms. The molecule has 140 valence electrons. The fourth-order valence-electron chi connectivity index (χ4n) is 3.40.